The predicted molar refractivity (Wildman–Crippen MR) is 121 cm³/mol. The van der Waals surface area contributed by atoms with Crippen LogP contribution in [-0.4, -0.2) is 63.2 Å². The van der Waals surface area contributed by atoms with Gasteiger partial charge in [0.1, 0.15) is 16.1 Å². The van der Waals surface area contributed by atoms with Crippen LogP contribution in [0.2, 0.25) is 0 Å². The number of carbonyl (C=O) groups excluding carboxylic acids is 1. The molecule has 1 amide bonds. The second kappa shape index (κ2) is 9.99. The Labute approximate surface area is 187 Å². The highest BCUT2D eigenvalue weighted by Crippen LogP contribution is 2.30. The van der Waals surface area contributed by atoms with Gasteiger partial charge in [-0.1, -0.05) is 13.0 Å². The molecule has 0 aliphatic carbocycles. The van der Waals surface area contributed by atoms with Gasteiger partial charge in [-0.05, 0) is 43.6 Å². The predicted octanol–water partition coefficient (Wildman–Crippen LogP) is 1.92. The third-order valence-electron chi connectivity index (χ3n) is 5.33. The molecule has 170 valence electrons. The zero-order chi connectivity index (χ0) is 22.6. The van der Waals surface area contributed by atoms with Gasteiger partial charge < -0.3 is 20.1 Å². The number of nitrogens with zero attached hydrogens (tertiary/aromatic N) is 1. The van der Waals surface area contributed by atoms with Crippen molar-refractivity contribution < 1.29 is 23.1 Å². The van der Waals surface area contributed by atoms with Crippen molar-refractivity contribution in [2.75, 3.05) is 31.5 Å². The number of nitrogens with one attached hydrogen (secondary N) is 2. The number of sulfonamides is 1. The summed E-state index contributed by atoms with van der Waals surface area (Å²) in [5, 5.41) is 14.5. The van der Waals surface area contributed by atoms with E-state index in [9.17, 15) is 18.3 Å². The van der Waals surface area contributed by atoms with Crippen molar-refractivity contribution in [3.8, 4) is 5.75 Å². The highest BCUT2D eigenvalue weighted by Gasteiger charge is 2.30. The number of carbonyl (C=O) groups is 1. The van der Waals surface area contributed by atoms with Gasteiger partial charge in [-0.2, -0.15) is 0 Å². The highest BCUT2D eigenvalue weighted by molar-refractivity contribution is 7.94. The molecule has 0 unspecified atom stereocenters. The molecule has 2 aromatic rings. The van der Waals surface area contributed by atoms with Gasteiger partial charge in [0, 0.05) is 30.3 Å². The molecular weight excluding hydrogens is 438 g/mol. The van der Waals surface area contributed by atoms with Crippen LogP contribution in [0.15, 0.2) is 39.9 Å². The Hall–Kier alpha value is -2.14. The summed E-state index contributed by atoms with van der Waals surface area (Å²) in [4.78, 5) is 14.8. The first-order valence-corrected chi connectivity index (χ1v) is 12.5. The molecule has 0 fully saturated rings. The summed E-state index contributed by atoms with van der Waals surface area (Å²) in [5.74, 6) is 0.438. The summed E-state index contributed by atoms with van der Waals surface area (Å²) >= 11 is 1.13. The molecular formula is C21H29N3O5S2. The average Bonchev–Trinajstić information content (AvgIpc) is 3.28. The van der Waals surface area contributed by atoms with Gasteiger partial charge in [-0.3, -0.25) is 9.52 Å². The fraction of sp³-hybridized carbons (Fsp3) is 0.476. The standard InChI is InChI=1S/C21H29N3O5S2/c1-14-12-24(15(2)13-25)20(26)10-16-9-17(6-7-18(16)29-19(14)11-22-3)23-31(27,28)21-5-4-8-30-21/h4-9,14-15,19,22-23,25H,10-13H2,1-3H3/t14-,15+,19+/m0/s1. The summed E-state index contributed by atoms with van der Waals surface area (Å²) in [6.45, 7) is 4.73. The Bertz CT molecular complexity index is 994. The monoisotopic (exact) mass is 467 g/mol. The molecule has 0 radical (unpaired) electrons. The van der Waals surface area contributed by atoms with Crippen LogP contribution >= 0.6 is 11.3 Å². The number of hydrogen-bond acceptors (Lipinski definition) is 7. The lowest BCUT2D eigenvalue weighted by atomic mass is 10.0. The van der Waals surface area contributed by atoms with Crippen LogP contribution < -0.4 is 14.8 Å². The summed E-state index contributed by atoms with van der Waals surface area (Å²) in [6, 6.07) is 7.88. The lowest BCUT2D eigenvalue weighted by Crippen LogP contribution is -2.47. The highest BCUT2D eigenvalue weighted by atomic mass is 32.2. The fourth-order valence-corrected chi connectivity index (χ4v) is 5.60. The normalized spacial score (nSPS) is 20.8. The number of benzene rings is 1. The topological polar surface area (TPSA) is 108 Å². The first kappa shape index (κ1) is 23.5. The number of fused-ring (bicyclic) bond motifs is 1. The van der Waals surface area contributed by atoms with Gasteiger partial charge >= 0.3 is 0 Å². The number of rotatable bonds is 7. The number of hydrogen-bond donors (Lipinski definition) is 3. The molecule has 1 aromatic carbocycles. The molecule has 3 atom stereocenters. The van der Waals surface area contributed by atoms with Crippen molar-refractivity contribution in [2.24, 2.45) is 5.92 Å². The lowest BCUT2D eigenvalue weighted by Gasteiger charge is -2.32. The van der Waals surface area contributed by atoms with Gasteiger partial charge in [0.15, 0.2) is 0 Å². The van der Waals surface area contributed by atoms with Crippen molar-refractivity contribution in [1.82, 2.24) is 10.2 Å². The molecule has 1 aromatic heterocycles. The van der Waals surface area contributed by atoms with E-state index in [1.807, 2.05) is 20.9 Å². The van der Waals surface area contributed by atoms with Gasteiger partial charge in [0.05, 0.1) is 19.1 Å². The van der Waals surface area contributed by atoms with E-state index in [0.29, 0.717) is 30.1 Å². The number of amides is 1. The van der Waals surface area contributed by atoms with Crippen LogP contribution in [0.1, 0.15) is 19.4 Å². The van der Waals surface area contributed by atoms with E-state index in [1.165, 1.54) is 6.07 Å². The van der Waals surface area contributed by atoms with Crippen molar-refractivity contribution in [2.45, 2.75) is 36.6 Å². The summed E-state index contributed by atoms with van der Waals surface area (Å²) in [5.41, 5.74) is 0.962. The Morgan fingerprint density at radius 2 is 2.13 bits per heavy atom. The van der Waals surface area contributed by atoms with Gasteiger partial charge in [0.2, 0.25) is 5.91 Å². The van der Waals surface area contributed by atoms with Crippen LogP contribution in [0, 0.1) is 5.92 Å². The molecule has 10 heteroatoms. The lowest BCUT2D eigenvalue weighted by molar-refractivity contribution is -0.134. The smallest absolute Gasteiger partial charge is 0.271 e. The van der Waals surface area contributed by atoms with Gasteiger partial charge in [0.25, 0.3) is 10.0 Å². The molecule has 0 saturated carbocycles. The Kier molecular flexibility index (Phi) is 7.58. The SMILES string of the molecule is CNC[C@H]1Oc2ccc(NS(=O)(=O)c3cccs3)cc2CC(=O)N([C@H](C)CO)C[C@@H]1C. The maximum atomic E-state index is 13.1. The Morgan fingerprint density at radius 1 is 1.35 bits per heavy atom. The molecule has 3 N–H and O–H groups in total. The minimum absolute atomic E-state index is 0.0216. The average molecular weight is 468 g/mol. The quantitative estimate of drug-likeness (QED) is 0.574. The fourth-order valence-electron chi connectivity index (χ4n) is 3.56. The van der Waals surface area contributed by atoms with E-state index in [4.69, 9.17) is 4.74 Å². The van der Waals surface area contributed by atoms with Crippen LogP contribution in [0.25, 0.3) is 0 Å². The molecule has 2 heterocycles. The molecule has 0 spiro atoms. The van der Waals surface area contributed by atoms with Crippen LogP contribution in [-0.2, 0) is 21.2 Å². The molecule has 0 saturated heterocycles. The van der Waals surface area contributed by atoms with Crippen molar-refractivity contribution in [3.63, 3.8) is 0 Å². The molecule has 8 nitrogen and oxygen atoms in total. The second-order valence-electron chi connectivity index (χ2n) is 7.81. The van der Waals surface area contributed by atoms with E-state index in [1.54, 1.807) is 34.5 Å². The summed E-state index contributed by atoms with van der Waals surface area (Å²) < 4.78 is 34.2. The number of ether oxygens (including phenoxy) is 1. The van der Waals surface area contributed by atoms with Crippen molar-refractivity contribution in [1.29, 1.82) is 0 Å². The number of anilines is 1. The zero-order valence-corrected chi connectivity index (χ0v) is 19.5. The number of aliphatic hydroxyl groups excluding tert-OH is 1. The van der Waals surface area contributed by atoms with E-state index < -0.39 is 10.0 Å². The largest absolute Gasteiger partial charge is 0.488 e. The number of likely N-dealkylation sites (N-methyl/N-ethyl adjacent to an activating group) is 1. The molecule has 31 heavy (non-hydrogen) atoms. The first-order chi connectivity index (χ1) is 14.7. The Balaban J connectivity index is 1.96. The molecule has 1 aliphatic heterocycles. The van der Waals surface area contributed by atoms with E-state index in [2.05, 4.69) is 10.0 Å². The minimum atomic E-state index is -3.70. The first-order valence-electron chi connectivity index (χ1n) is 10.2. The molecule has 1 aliphatic rings. The molecule has 3 rings (SSSR count). The van der Waals surface area contributed by atoms with Gasteiger partial charge in [-0.25, -0.2) is 8.42 Å². The second-order valence-corrected chi connectivity index (χ2v) is 10.7. The van der Waals surface area contributed by atoms with Crippen molar-refractivity contribution >= 4 is 33.0 Å². The maximum Gasteiger partial charge on any atom is 0.271 e. The Morgan fingerprint density at radius 3 is 2.77 bits per heavy atom. The third kappa shape index (κ3) is 5.57. The number of aliphatic hydroxyl groups is 1. The van der Waals surface area contributed by atoms with Crippen LogP contribution in [0.4, 0.5) is 5.69 Å². The van der Waals surface area contributed by atoms with Crippen molar-refractivity contribution in [3.05, 3.63) is 41.3 Å². The summed E-state index contributed by atoms with van der Waals surface area (Å²) in [6.07, 6.45) is -0.149. The van der Waals surface area contributed by atoms with E-state index in [0.717, 1.165) is 11.3 Å². The third-order valence-corrected chi connectivity index (χ3v) is 8.11. The van der Waals surface area contributed by atoms with E-state index >= 15 is 0 Å². The molecule has 0 bridgehead atoms. The zero-order valence-electron chi connectivity index (χ0n) is 17.9. The van der Waals surface area contributed by atoms with Crippen LogP contribution in [0.3, 0.4) is 0 Å². The van der Waals surface area contributed by atoms with E-state index in [-0.39, 0.29) is 41.2 Å². The van der Waals surface area contributed by atoms with Gasteiger partial charge in [-0.15, -0.1) is 11.3 Å². The number of thiophene rings is 1. The van der Waals surface area contributed by atoms with Crippen LogP contribution in [0.5, 0.6) is 5.75 Å². The summed E-state index contributed by atoms with van der Waals surface area (Å²) in [7, 11) is -1.86. The maximum absolute atomic E-state index is 13.1. The minimum Gasteiger partial charge on any atom is -0.488 e.